The first-order chi connectivity index (χ1) is 15.4. The number of aliphatic hydroxyl groups is 1. The van der Waals surface area contributed by atoms with Crippen molar-refractivity contribution in [3.05, 3.63) is 71.7 Å². The molecular formula is C27H31FN2O2. The molecule has 2 aliphatic rings. The van der Waals surface area contributed by atoms with E-state index in [1.54, 1.807) is 19.1 Å². The molecule has 1 N–H and O–H groups in total. The van der Waals surface area contributed by atoms with Crippen LogP contribution in [0.5, 0.6) is 0 Å². The van der Waals surface area contributed by atoms with Gasteiger partial charge in [0.25, 0.3) is 0 Å². The van der Waals surface area contributed by atoms with Gasteiger partial charge in [-0.2, -0.15) is 0 Å². The molecular weight excluding hydrogens is 403 g/mol. The van der Waals surface area contributed by atoms with E-state index < -0.39 is 5.60 Å². The molecule has 3 aromatic rings. The van der Waals surface area contributed by atoms with Crippen LogP contribution in [0, 0.1) is 5.82 Å². The van der Waals surface area contributed by atoms with Crippen LogP contribution in [0.4, 0.5) is 4.39 Å². The Morgan fingerprint density at radius 2 is 1.69 bits per heavy atom. The Balaban J connectivity index is 1.20. The maximum atomic E-state index is 13.3. The Labute approximate surface area is 188 Å². The van der Waals surface area contributed by atoms with Crippen molar-refractivity contribution < 1.29 is 14.3 Å². The smallest absolute Gasteiger partial charge is 0.161 e. The predicted octanol–water partition coefficient (Wildman–Crippen LogP) is 5.28. The lowest BCUT2D eigenvalue weighted by atomic mass is 9.80. The van der Waals surface area contributed by atoms with Crippen molar-refractivity contribution in [3.8, 4) is 0 Å². The lowest BCUT2D eigenvalue weighted by Crippen LogP contribution is -2.49. The van der Waals surface area contributed by atoms with Crippen LogP contribution in [0.3, 0.4) is 0 Å². The van der Waals surface area contributed by atoms with Crippen molar-refractivity contribution in [2.45, 2.75) is 69.7 Å². The molecule has 2 unspecified atom stereocenters. The van der Waals surface area contributed by atoms with Gasteiger partial charge in [-0.3, -0.25) is 9.69 Å². The van der Waals surface area contributed by atoms with Crippen LogP contribution >= 0.6 is 0 Å². The number of nitrogens with zero attached hydrogens (tertiary/aromatic N) is 2. The molecule has 0 amide bonds. The third-order valence-corrected chi connectivity index (χ3v) is 7.53. The topological polar surface area (TPSA) is 45.5 Å². The van der Waals surface area contributed by atoms with Crippen LogP contribution in [-0.4, -0.2) is 39.0 Å². The first-order valence-electron chi connectivity index (χ1n) is 11.8. The molecule has 0 radical (unpaired) electrons. The predicted molar refractivity (Wildman–Crippen MR) is 124 cm³/mol. The summed E-state index contributed by atoms with van der Waals surface area (Å²) in [6.07, 6.45) is 7.83. The van der Waals surface area contributed by atoms with Gasteiger partial charge in [-0.25, -0.2) is 4.39 Å². The fourth-order valence-electron chi connectivity index (χ4n) is 5.97. The molecule has 2 aromatic carbocycles. The summed E-state index contributed by atoms with van der Waals surface area (Å²) in [5.41, 5.74) is 1.93. The van der Waals surface area contributed by atoms with Crippen molar-refractivity contribution in [2.24, 2.45) is 0 Å². The Bertz CT molecular complexity index is 1110. The highest BCUT2D eigenvalue weighted by Gasteiger charge is 2.47. The molecule has 4 nitrogen and oxygen atoms in total. The van der Waals surface area contributed by atoms with Gasteiger partial charge >= 0.3 is 0 Å². The summed E-state index contributed by atoms with van der Waals surface area (Å²) in [4.78, 5) is 14.6. The number of piperidine rings is 1. The Morgan fingerprint density at radius 1 is 1.03 bits per heavy atom. The van der Waals surface area contributed by atoms with Crippen LogP contribution in [0.1, 0.15) is 61.4 Å². The maximum absolute atomic E-state index is 13.3. The van der Waals surface area contributed by atoms with E-state index in [2.05, 4.69) is 15.5 Å². The summed E-state index contributed by atoms with van der Waals surface area (Å²) < 4.78 is 15.5. The Hall–Kier alpha value is -2.50. The first kappa shape index (κ1) is 21.4. The molecule has 2 bridgehead atoms. The fourth-order valence-corrected chi connectivity index (χ4v) is 5.97. The number of hydrogen-bond acceptors (Lipinski definition) is 3. The molecule has 5 rings (SSSR count). The standard InChI is InChI=1S/C27H31FN2O2/c1-19(31)25-18-29(26-7-3-2-6-24(25)26)14-4-5-15-30-22-12-13-23(30)17-27(32,16-22)20-8-10-21(28)11-9-20/h2-3,6-11,18,22-23,32H,4-5,12-17H2,1H3. The number of para-hydroxylation sites is 1. The van der Waals surface area contributed by atoms with E-state index in [9.17, 15) is 14.3 Å². The minimum absolute atomic E-state index is 0.110. The van der Waals surface area contributed by atoms with Gasteiger partial charge in [-0.1, -0.05) is 30.3 Å². The average molecular weight is 435 g/mol. The van der Waals surface area contributed by atoms with E-state index in [1.165, 1.54) is 12.1 Å². The van der Waals surface area contributed by atoms with E-state index in [-0.39, 0.29) is 11.6 Å². The summed E-state index contributed by atoms with van der Waals surface area (Å²) in [7, 11) is 0. The van der Waals surface area contributed by atoms with E-state index in [0.717, 1.165) is 73.6 Å². The van der Waals surface area contributed by atoms with Gasteiger partial charge in [0, 0.05) is 41.3 Å². The van der Waals surface area contributed by atoms with Gasteiger partial charge in [0.1, 0.15) is 5.82 Å². The molecule has 5 heteroatoms. The molecule has 168 valence electrons. The summed E-state index contributed by atoms with van der Waals surface area (Å²) in [5.74, 6) is -0.151. The quantitative estimate of drug-likeness (QED) is 0.407. The van der Waals surface area contributed by atoms with Gasteiger partial charge in [0.15, 0.2) is 5.78 Å². The number of benzene rings is 2. The normalized spacial score (nSPS) is 25.5. The average Bonchev–Trinajstić information content (AvgIpc) is 3.27. The second-order valence-corrected chi connectivity index (χ2v) is 9.59. The van der Waals surface area contributed by atoms with Crippen molar-refractivity contribution in [3.63, 3.8) is 0 Å². The van der Waals surface area contributed by atoms with Gasteiger partial charge in [-0.05, 0) is 75.8 Å². The van der Waals surface area contributed by atoms with Crippen molar-refractivity contribution in [1.29, 1.82) is 0 Å². The summed E-state index contributed by atoms with van der Waals surface area (Å²) in [6, 6.07) is 15.3. The van der Waals surface area contributed by atoms with Crippen LogP contribution in [0.25, 0.3) is 10.9 Å². The van der Waals surface area contributed by atoms with Crippen LogP contribution in [-0.2, 0) is 12.1 Å². The maximum Gasteiger partial charge on any atom is 0.161 e. The zero-order valence-electron chi connectivity index (χ0n) is 18.6. The van der Waals surface area contributed by atoms with Gasteiger partial charge in [-0.15, -0.1) is 0 Å². The zero-order valence-corrected chi connectivity index (χ0v) is 18.6. The van der Waals surface area contributed by atoms with E-state index in [0.29, 0.717) is 12.1 Å². The van der Waals surface area contributed by atoms with Gasteiger partial charge < -0.3 is 9.67 Å². The van der Waals surface area contributed by atoms with E-state index in [1.807, 2.05) is 24.4 Å². The number of unbranched alkanes of at least 4 members (excludes halogenated alkanes) is 1. The number of ketones is 1. The highest BCUT2D eigenvalue weighted by atomic mass is 19.1. The lowest BCUT2D eigenvalue weighted by molar-refractivity contribution is -0.0572. The van der Waals surface area contributed by atoms with Gasteiger partial charge in [0.05, 0.1) is 5.60 Å². The molecule has 2 aliphatic heterocycles. The third kappa shape index (κ3) is 3.89. The molecule has 0 saturated carbocycles. The largest absolute Gasteiger partial charge is 0.385 e. The molecule has 3 heterocycles. The molecule has 32 heavy (non-hydrogen) atoms. The molecule has 1 aromatic heterocycles. The monoisotopic (exact) mass is 434 g/mol. The van der Waals surface area contributed by atoms with Crippen molar-refractivity contribution in [1.82, 2.24) is 9.47 Å². The number of carbonyl (C=O) groups is 1. The molecule has 0 aliphatic carbocycles. The molecule has 2 saturated heterocycles. The molecule has 0 spiro atoms. The molecule has 2 atom stereocenters. The van der Waals surface area contributed by atoms with Crippen molar-refractivity contribution >= 4 is 16.7 Å². The Kier molecular flexibility index (Phi) is 5.64. The Morgan fingerprint density at radius 3 is 2.38 bits per heavy atom. The minimum atomic E-state index is -0.844. The number of fused-ring (bicyclic) bond motifs is 3. The first-order valence-corrected chi connectivity index (χ1v) is 11.8. The fraction of sp³-hybridized carbons (Fsp3) is 0.444. The number of halogens is 1. The number of carbonyl (C=O) groups excluding carboxylic acids is 1. The number of aryl methyl sites for hydroxylation is 1. The van der Waals surface area contributed by atoms with Crippen molar-refractivity contribution in [2.75, 3.05) is 6.54 Å². The van der Waals surface area contributed by atoms with Crippen LogP contribution < -0.4 is 0 Å². The van der Waals surface area contributed by atoms with E-state index in [4.69, 9.17) is 0 Å². The SMILES string of the molecule is CC(=O)c1cn(CCCCN2C3CCC2CC(O)(c2ccc(F)cc2)C3)c2ccccc12. The van der Waals surface area contributed by atoms with Gasteiger partial charge in [0.2, 0.25) is 0 Å². The lowest BCUT2D eigenvalue weighted by Gasteiger charge is -2.44. The number of Topliss-reactive ketones (excluding diaryl/α,β-unsaturated/α-hetero) is 1. The summed E-state index contributed by atoms with van der Waals surface area (Å²) in [6.45, 7) is 3.56. The van der Waals surface area contributed by atoms with Crippen LogP contribution in [0.2, 0.25) is 0 Å². The third-order valence-electron chi connectivity index (χ3n) is 7.53. The minimum Gasteiger partial charge on any atom is -0.385 e. The second kappa shape index (κ2) is 8.45. The van der Waals surface area contributed by atoms with E-state index >= 15 is 0 Å². The second-order valence-electron chi connectivity index (χ2n) is 9.59. The molecule has 2 fully saturated rings. The highest BCUT2D eigenvalue weighted by Crippen LogP contribution is 2.45. The summed E-state index contributed by atoms with van der Waals surface area (Å²) in [5, 5.41) is 12.4. The zero-order chi connectivity index (χ0) is 22.3. The van der Waals surface area contributed by atoms with Crippen LogP contribution in [0.15, 0.2) is 54.7 Å². The number of rotatable bonds is 7. The number of aromatic nitrogens is 1. The highest BCUT2D eigenvalue weighted by molar-refractivity contribution is 6.06. The summed E-state index contributed by atoms with van der Waals surface area (Å²) >= 11 is 0. The number of hydrogen-bond donors (Lipinski definition) is 1.